The molecule has 0 saturated carbocycles. The summed E-state index contributed by atoms with van der Waals surface area (Å²) in [5.74, 6) is 0.233. The number of nitrogens with one attached hydrogen (secondary N) is 2. The van der Waals surface area contributed by atoms with E-state index in [4.69, 9.17) is 23.7 Å². The van der Waals surface area contributed by atoms with Crippen molar-refractivity contribution in [3.63, 3.8) is 0 Å². The molecular formula is C25H37F2N4O6P. The van der Waals surface area contributed by atoms with Gasteiger partial charge in [0.25, 0.3) is 0 Å². The van der Waals surface area contributed by atoms with Gasteiger partial charge in [-0.1, -0.05) is 0 Å². The van der Waals surface area contributed by atoms with Gasteiger partial charge in [0.2, 0.25) is 0 Å². The molecule has 4 heterocycles. The fourth-order valence-corrected chi connectivity index (χ4v) is 6.49. The van der Waals surface area contributed by atoms with Crippen molar-refractivity contribution in [3.8, 4) is 6.01 Å². The molecule has 0 spiro atoms. The predicted molar refractivity (Wildman–Crippen MR) is 142 cm³/mol. The van der Waals surface area contributed by atoms with Crippen LogP contribution in [0.1, 0.15) is 32.3 Å². The summed E-state index contributed by atoms with van der Waals surface area (Å²) in [5.41, 5.74) is 0.960. The number of fused-ring (bicyclic) bond motifs is 1. The summed E-state index contributed by atoms with van der Waals surface area (Å²) in [6, 6.07) is 2.05. The molecular weight excluding hydrogens is 521 g/mol. The van der Waals surface area contributed by atoms with Crippen LogP contribution in [-0.2, 0) is 25.4 Å². The Hall–Kier alpha value is -2.37. The van der Waals surface area contributed by atoms with Gasteiger partial charge in [-0.3, -0.25) is 0 Å². The Kier molecular flexibility index (Phi) is 9.20. The van der Waals surface area contributed by atoms with Gasteiger partial charge in [0, 0.05) is 6.42 Å². The molecule has 1 unspecified atom stereocenters. The molecule has 1 saturated heterocycles. The number of methoxy groups -OCH3 is 1. The van der Waals surface area contributed by atoms with Crippen LogP contribution in [0, 0.1) is 0 Å². The molecule has 0 aromatic carbocycles. The number of anilines is 1. The van der Waals surface area contributed by atoms with E-state index in [2.05, 4.69) is 20.3 Å². The Morgan fingerprint density at radius 3 is 2.82 bits per heavy atom. The van der Waals surface area contributed by atoms with E-state index in [1.54, 1.807) is 14.0 Å². The number of hydrogen-bond donors (Lipinski definition) is 3. The van der Waals surface area contributed by atoms with Crippen LogP contribution in [-0.4, -0.2) is 84.5 Å². The standard InChI is InChI=1S/C25H37F2N4O6P/c1-5-17-11-20-23(31-24(29-20)36-15-37-25(32)7-10-34-16(25)2)30-22(17)28-13-21-19(26)12-18(14-38(21,4)27)35-9-6-8-33-3/h11-12,14,16,21,32,38H,5-10,13,15H2,1-4H3,(H2,28,29,30,31)/t16-,21?,25-/m1/s1. The number of imidazole rings is 1. The van der Waals surface area contributed by atoms with Crippen molar-refractivity contribution in [1.29, 1.82) is 0 Å². The predicted octanol–water partition coefficient (Wildman–Crippen LogP) is 4.18. The Morgan fingerprint density at radius 2 is 2.13 bits per heavy atom. The second kappa shape index (κ2) is 12.2. The molecule has 3 atom stereocenters. The number of rotatable bonds is 13. The van der Waals surface area contributed by atoms with E-state index < -0.39 is 31.0 Å². The van der Waals surface area contributed by atoms with E-state index in [1.807, 2.05) is 13.0 Å². The molecule has 0 bridgehead atoms. The normalized spacial score (nSPS) is 25.7. The average molecular weight is 559 g/mol. The van der Waals surface area contributed by atoms with Crippen LogP contribution in [0.15, 0.2) is 29.5 Å². The second-order valence-electron chi connectivity index (χ2n) is 9.63. The van der Waals surface area contributed by atoms with Crippen molar-refractivity contribution in [2.75, 3.05) is 52.2 Å². The SMILES string of the molecule is CCc1cc2[nH]c(OCO[C@]3(O)CCO[C@@H]3C)nc2nc1NCC1C(F)=CC(OCCCOC)=C[PH]1(C)F. The van der Waals surface area contributed by atoms with E-state index in [-0.39, 0.29) is 25.1 Å². The summed E-state index contributed by atoms with van der Waals surface area (Å²) in [6.07, 6.45) is 2.43. The molecule has 212 valence electrons. The molecule has 1 fully saturated rings. The Balaban J connectivity index is 1.40. The summed E-state index contributed by atoms with van der Waals surface area (Å²) in [5, 5.41) is 13.6. The first-order chi connectivity index (χ1) is 18.1. The maximum atomic E-state index is 15.6. The molecule has 10 nitrogen and oxygen atoms in total. The zero-order valence-corrected chi connectivity index (χ0v) is 23.2. The third kappa shape index (κ3) is 6.60. The number of allylic oxidation sites excluding steroid dienone is 1. The van der Waals surface area contributed by atoms with Gasteiger partial charge in [-0.25, -0.2) is 0 Å². The molecule has 13 heteroatoms. The number of pyridine rings is 1. The first kappa shape index (κ1) is 28.6. The zero-order valence-electron chi connectivity index (χ0n) is 22.2. The molecule has 2 aliphatic rings. The minimum absolute atomic E-state index is 0.0426. The van der Waals surface area contributed by atoms with E-state index in [0.717, 1.165) is 5.56 Å². The van der Waals surface area contributed by atoms with Gasteiger partial charge in [-0.05, 0) is 6.92 Å². The van der Waals surface area contributed by atoms with Crippen LogP contribution in [0.3, 0.4) is 0 Å². The monoisotopic (exact) mass is 558 g/mol. The second-order valence-corrected chi connectivity index (χ2v) is 12.9. The number of aromatic nitrogens is 3. The summed E-state index contributed by atoms with van der Waals surface area (Å²) in [4.78, 5) is 11.9. The van der Waals surface area contributed by atoms with Crippen LogP contribution >= 0.6 is 7.57 Å². The zero-order chi connectivity index (χ0) is 27.3. The van der Waals surface area contributed by atoms with Crippen LogP contribution in [0.4, 0.5) is 14.4 Å². The number of H-pyrrole nitrogens is 1. The van der Waals surface area contributed by atoms with Crippen molar-refractivity contribution in [3.05, 3.63) is 35.1 Å². The molecule has 4 rings (SSSR count). The van der Waals surface area contributed by atoms with Gasteiger partial charge in [0.1, 0.15) is 6.10 Å². The summed E-state index contributed by atoms with van der Waals surface area (Å²) < 4.78 is 57.4. The average Bonchev–Trinajstić information content (AvgIpc) is 3.41. The molecule has 3 N–H and O–H groups in total. The number of ether oxygens (including phenoxy) is 5. The Bertz CT molecular complexity index is 1180. The minimum atomic E-state index is -3.62. The third-order valence-electron chi connectivity index (χ3n) is 6.83. The van der Waals surface area contributed by atoms with Crippen molar-refractivity contribution in [2.24, 2.45) is 0 Å². The topological polar surface area (TPSA) is 120 Å². The Labute approximate surface area is 221 Å². The van der Waals surface area contributed by atoms with E-state index in [9.17, 15) is 9.50 Å². The van der Waals surface area contributed by atoms with Gasteiger partial charge < -0.3 is 9.84 Å². The van der Waals surface area contributed by atoms with Gasteiger partial charge in [-0.2, -0.15) is 0 Å². The number of aryl methyl sites for hydroxylation is 1. The molecule has 0 radical (unpaired) electrons. The van der Waals surface area contributed by atoms with Crippen LogP contribution < -0.4 is 10.1 Å². The molecule has 0 aliphatic carbocycles. The number of hydrogen-bond acceptors (Lipinski definition) is 9. The molecule has 38 heavy (non-hydrogen) atoms. The van der Waals surface area contributed by atoms with Crippen molar-refractivity contribution < 1.29 is 37.4 Å². The van der Waals surface area contributed by atoms with E-state index in [0.29, 0.717) is 56.1 Å². The van der Waals surface area contributed by atoms with Crippen molar-refractivity contribution in [2.45, 2.75) is 50.7 Å². The van der Waals surface area contributed by atoms with Crippen molar-refractivity contribution >= 4 is 24.6 Å². The fourth-order valence-electron chi connectivity index (χ4n) is 4.44. The number of aliphatic hydroxyl groups is 1. The maximum absolute atomic E-state index is 15.6. The van der Waals surface area contributed by atoms with Crippen molar-refractivity contribution in [1.82, 2.24) is 15.0 Å². The summed E-state index contributed by atoms with van der Waals surface area (Å²) >= 11 is 0. The van der Waals surface area contributed by atoms with Gasteiger partial charge in [0.05, 0.1) is 6.61 Å². The van der Waals surface area contributed by atoms with Crippen LogP contribution in [0.2, 0.25) is 0 Å². The number of aromatic amines is 1. The van der Waals surface area contributed by atoms with E-state index in [1.165, 1.54) is 18.6 Å². The number of nitrogens with zero attached hydrogens (tertiary/aromatic N) is 2. The molecule has 2 aromatic heterocycles. The first-order valence-electron chi connectivity index (χ1n) is 12.8. The third-order valence-corrected chi connectivity index (χ3v) is 9.52. The molecule has 2 aliphatic heterocycles. The Morgan fingerprint density at radius 1 is 1.32 bits per heavy atom. The van der Waals surface area contributed by atoms with Gasteiger partial charge in [-0.15, -0.1) is 0 Å². The molecule has 2 aromatic rings. The fraction of sp³-hybridized carbons (Fsp3) is 0.600. The van der Waals surface area contributed by atoms with Crippen LogP contribution in [0.25, 0.3) is 11.2 Å². The quantitative estimate of drug-likeness (QED) is 0.189. The van der Waals surface area contributed by atoms with E-state index >= 15 is 4.20 Å². The first-order valence-corrected chi connectivity index (χ1v) is 15.3. The summed E-state index contributed by atoms with van der Waals surface area (Å²) in [7, 11) is -2.03. The molecule has 0 amide bonds. The number of halogens is 2. The van der Waals surface area contributed by atoms with Gasteiger partial charge >= 0.3 is 185 Å². The summed E-state index contributed by atoms with van der Waals surface area (Å²) in [6.45, 7) is 6.24. The van der Waals surface area contributed by atoms with Crippen LogP contribution in [0.5, 0.6) is 6.01 Å². The van der Waals surface area contributed by atoms with Gasteiger partial charge in [0.15, 0.2) is 0 Å².